The monoisotopic (exact) mass is 332 g/mol. The lowest BCUT2D eigenvalue weighted by atomic mass is 10.3. The summed E-state index contributed by atoms with van der Waals surface area (Å²) in [6.45, 7) is 3.00. The highest BCUT2D eigenvalue weighted by atomic mass is 79.9. The van der Waals surface area contributed by atoms with Gasteiger partial charge in [0.25, 0.3) is 0 Å². The zero-order valence-electron chi connectivity index (χ0n) is 10.1. The Morgan fingerprint density at radius 1 is 1.22 bits per heavy atom. The second-order valence-corrected chi connectivity index (χ2v) is 7.56. The van der Waals surface area contributed by atoms with E-state index in [2.05, 4.69) is 26.1 Å². The second-order valence-electron chi connectivity index (χ2n) is 4.40. The van der Waals surface area contributed by atoms with Crippen molar-refractivity contribution in [3.8, 4) is 0 Å². The minimum absolute atomic E-state index is 0.294. The molecule has 1 aromatic carbocycles. The molecule has 1 N–H and O–H groups in total. The maximum atomic E-state index is 11.3. The van der Waals surface area contributed by atoms with Crippen LogP contribution in [0.5, 0.6) is 0 Å². The van der Waals surface area contributed by atoms with Crippen molar-refractivity contribution in [1.82, 2.24) is 4.90 Å². The molecular weight excluding hydrogens is 316 g/mol. The van der Waals surface area contributed by atoms with E-state index in [0.29, 0.717) is 24.6 Å². The van der Waals surface area contributed by atoms with E-state index < -0.39 is 9.84 Å². The molecule has 0 unspecified atom stereocenters. The Bertz CT molecular complexity index is 491. The second kappa shape index (κ2) is 6.04. The van der Waals surface area contributed by atoms with Crippen molar-refractivity contribution in [2.24, 2.45) is 0 Å². The maximum absolute atomic E-state index is 11.3. The molecule has 2 rings (SSSR count). The maximum Gasteiger partial charge on any atom is 0.152 e. The van der Waals surface area contributed by atoms with Gasteiger partial charge in [-0.3, -0.25) is 4.90 Å². The van der Waals surface area contributed by atoms with E-state index in [0.717, 1.165) is 23.2 Å². The highest BCUT2D eigenvalue weighted by Gasteiger charge is 2.20. The van der Waals surface area contributed by atoms with Gasteiger partial charge < -0.3 is 5.32 Å². The van der Waals surface area contributed by atoms with Gasteiger partial charge in [0.15, 0.2) is 9.84 Å². The molecule has 0 saturated carbocycles. The molecular formula is C12H17BrN2O2S. The molecule has 18 heavy (non-hydrogen) atoms. The average Bonchev–Trinajstić information content (AvgIpc) is 2.34. The molecule has 0 atom stereocenters. The third-order valence-corrected chi connectivity index (χ3v) is 5.36. The van der Waals surface area contributed by atoms with Crippen molar-refractivity contribution in [1.29, 1.82) is 0 Å². The Morgan fingerprint density at radius 2 is 1.89 bits per heavy atom. The third-order valence-electron chi connectivity index (χ3n) is 3.05. The summed E-state index contributed by atoms with van der Waals surface area (Å²) in [5.41, 5.74) is 1.07. The standard InChI is InChI=1S/C12H17BrN2O2S/c13-11-3-1-2-4-12(11)14-5-6-15-7-9-18(16,17)10-8-15/h1-4,14H,5-10H2. The number of hydrogen-bond acceptors (Lipinski definition) is 4. The Balaban J connectivity index is 1.75. The molecule has 100 valence electrons. The van der Waals surface area contributed by atoms with Crippen LogP contribution < -0.4 is 5.32 Å². The minimum Gasteiger partial charge on any atom is -0.383 e. The van der Waals surface area contributed by atoms with Crippen molar-refractivity contribution < 1.29 is 8.42 Å². The first kappa shape index (κ1) is 13.8. The summed E-state index contributed by atoms with van der Waals surface area (Å²) in [4.78, 5) is 2.19. The number of rotatable bonds is 4. The summed E-state index contributed by atoms with van der Waals surface area (Å²) in [5.74, 6) is 0.587. The number of sulfone groups is 1. The molecule has 0 spiro atoms. The Labute approximate surface area is 116 Å². The molecule has 0 bridgehead atoms. The van der Waals surface area contributed by atoms with Gasteiger partial charge in [0.2, 0.25) is 0 Å². The molecule has 4 nitrogen and oxygen atoms in total. The molecule has 0 aromatic heterocycles. The molecule has 1 saturated heterocycles. The molecule has 6 heteroatoms. The predicted molar refractivity (Wildman–Crippen MR) is 77.7 cm³/mol. The number of nitrogens with zero attached hydrogens (tertiary/aromatic N) is 1. The zero-order chi connectivity index (χ0) is 13.0. The molecule has 1 aliphatic heterocycles. The summed E-state index contributed by atoms with van der Waals surface area (Å²) < 4.78 is 23.6. The fourth-order valence-corrected chi connectivity index (χ4v) is 3.63. The van der Waals surface area contributed by atoms with Gasteiger partial charge in [0.1, 0.15) is 0 Å². The summed E-state index contributed by atoms with van der Waals surface area (Å²) in [5, 5.41) is 3.34. The number of hydrogen-bond donors (Lipinski definition) is 1. The number of halogens is 1. The lowest BCUT2D eigenvalue weighted by Crippen LogP contribution is -2.42. The number of para-hydroxylation sites is 1. The first-order valence-electron chi connectivity index (χ1n) is 5.98. The summed E-state index contributed by atoms with van der Waals surface area (Å²) in [6, 6.07) is 7.98. The van der Waals surface area contributed by atoms with Crippen LogP contribution in [0.15, 0.2) is 28.7 Å². The van der Waals surface area contributed by atoms with Gasteiger partial charge in [-0.05, 0) is 28.1 Å². The van der Waals surface area contributed by atoms with Crippen LogP contribution in [0.2, 0.25) is 0 Å². The lowest BCUT2D eigenvalue weighted by molar-refractivity contribution is 0.307. The van der Waals surface area contributed by atoms with E-state index in [-0.39, 0.29) is 0 Å². The average molecular weight is 333 g/mol. The molecule has 1 aliphatic rings. The topological polar surface area (TPSA) is 49.4 Å². The number of anilines is 1. The van der Waals surface area contributed by atoms with Crippen LogP contribution in [0.4, 0.5) is 5.69 Å². The van der Waals surface area contributed by atoms with Crippen LogP contribution in [0.25, 0.3) is 0 Å². The quantitative estimate of drug-likeness (QED) is 0.909. The van der Waals surface area contributed by atoms with Gasteiger partial charge in [-0.15, -0.1) is 0 Å². The SMILES string of the molecule is O=S1(=O)CCN(CCNc2ccccc2Br)CC1. The van der Waals surface area contributed by atoms with Crippen LogP contribution in [-0.4, -0.2) is 51.0 Å². The molecule has 0 amide bonds. The number of benzene rings is 1. The highest BCUT2D eigenvalue weighted by molar-refractivity contribution is 9.10. The van der Waals surface area contributed by atoms with E-state index in [4.69, 9.17) is 0 Å². The fraction of sp³-hybridized carbons (Fsp3) is 0.500. The van der Waals surface area contributed by atoms with Gasteiger partial charge in [-0.25, -0.2) is 8.42 Å². The molecule has 1 fully saturated rings. The lowest BCUT2D eigenvalue weighted by Gasteiger charge is -2.26. The Morgan fingerprint density at radius 3 is 2.56 bits per heavy atom. The van der Waals surface area contributed by atoms with Gasteiger partial charge in [-0.2, -0.15) is 0 Å². The van der Waals surface area contributed by atoms with E-state index >= 15 is 0 Å². The predicted octanol–water partition coefficient (Wildman–Crippen LogP) is 1.59. The zero-order valence-corrected chi connectivity index (χ0v) is 12.5. The van der Waals surface area contributed by atoms with Crippen LogP contribution >= 0.6 is 15.9 Å². The molecule has 1 aromatic rings. The van der Waals surface area contributed by atoms with Gasteiger partial charge in [0.05, 0.1) is 11.5 Å². The van der Waals surface area contributed by atoms with Crippen molar-refractivity contribution in [3.63, 3.8) is 0 Å². The van der Waals surface area contributed by atoms with Crippen molar-refractivity contribution in [2.75, 3.05) is 43.0 Å². The van der Waals surface area contributed by atoms with Gasteiger partial charge in [-0.1, -0.05) is 12.1 Å². The smallest absolute Gasteiger partial charge is 0.152 e. The Kier molecular flexibility index (Phi) is 4.64. The van der Waals surface area contributed by atoms with Crippen LogP contribution in [-0.2, 0) is 9.84 Å². The summed E-state index contributed by atoms with van der Waals surface area (Å²) in [7, 11) is -2.77. The van der Waals surface area contributed by atoms with E-state index in [1.54, 1.807) is 0 Å². The summed E-state index contributed by atoms with van der Waals surface area (Å²) >= 11 is 3.48. The third kappa shape index (κ3) is 3.96. The van der Waals surface area contributed by atoms with E-state index in [1.165, 1.54) is 0 Å². The van der Waals surface area contributed by atoms with Crippen molar-refractivity contribution >= 4 is 31.5 Å². The molecule has 1 heterocycles. The van der Waals surface area contributed by atoms with E-state index in [1.807, 2.05) is 24.3 Å². The number of nitrogens with one attached hydrogen (secondary N) is 1. The van der Waals surface area contributed by atoms with Crippen LogP contribution in [0, 0.1) is 0 Å². The van der Waals surface area contributed by atoms with Gasteiger partial charge in [0, 0.05) is 36.3 Å². The summed E-state index contributed by atoms with van der Waals surface area (Å²) in [6.07, 6.45) is 0. The largest absolute Gasteiger partial charge is 0.383 e. The van der Waals surface area contributed by atoms with Crippen LogP contribution in [0.3, 0.4) is 0 Å². The molecule has 0 aliphatic carbocycles. The normalized spacial score (nSPS) is 19.6. The Hall–Kier alpha value is -0.590. The van der Waals surface area contributed by atoms with E-state index in [9.17, 15) is 8.42 Å². The highest BCUT2D eigenvalue weighted by Crippen LogP contribution is 2.20. The minimum atomic E-state index is -2.77. The van der Waals surface area contributed by atoms with Crippen molar-refractivity contribution in [2.45, 2.75) is 0 Å². The first-order valence-corrected chi connectivity index (χ1v) is 8.59. The van der Waals surface area contributed by atoms with Crippen LogP contribution in [0.1, 0.15) is 0 Å². The van der Waals surface area contributed by atoms with Gasteiger partial charge >= 0.3 is 0 Å². The first-order chi connectivity index (χ1) is 8.57. The molecule has 0 radical (unpaired) electrons. The van der Waals surface area contributed by atoms with Crippen molar-refractivity contribution in [3.05, 3.63) is 28.7 Å². The fourth-order valence-electron chi connectivity index (χ4n) is 1.93.